The van der Waals surface area contributed by atoms with E-state index in [1.807, 2.05) is 23.2 Å². The third-order valence-corrected chi connectivity index (χ3v) is 17.5. The fourth-order valence-electron chi connectivity index (χ4n) is 10.4. The highest BCUT2D eigenvalue weighted by molar-refractivity contribution is 8.18. The Kier molecular flexibility index (Phi) is 25.0. The van der Waals surface area contributed by atoms with Gasteiger partial charge in [-0.25, -0.2) is 28.4 Å². The number of anilines is 2. The summed E-state index contributed by atoms with van der Waals surface area (Å²) in [7, 11) is 0. The van der Waals surface area contributed by atoms with Gasteiger partial charge in [-0.1, -0.05) is 60.1 Å². The Labute approximate surface area is 651 Å². The Bertz CT molecular complexity index is 6630. The van der Waals surface area contributed by atoms with Gasteiger partial charge in [0.2, 0.25) is 0 Å². The van der Waals surface area contributed by atoms with Crippen molar-refractivity contribution in [3.8, 4) is 45.3 Å². The Morgan fingerprint density at radius 3 is 1.40 bits per heavy atom. The second kappa shape index (κ2) is 35.8. The summed E-state index contributed by atoms with van der Waals surface area (Å²) < 4.78 is 40.9. The van der Waals surface area contributed by atoms with Crippen molar-refractivity contribution in [3.05, 3.63) is 357 Å². The molecule has 0 saturated carbocycles. The number of nitrogens with zero attached hydrogens (tertiary/aromatic N) is 11. The number of amides is 2. The lowest BCUT2D eigenvalue weighted by atomic mass is 10.1. The number of rotatable bonds is 17. The summed E-state index contributed by atoms with van der Waals surface area (Å²) in [6.45, 7) is 0.277. The van der Waals surface area contributed by atoms with E-state index < -0.39 is 83.3 Å². The minimum absolute atomic E-state index is 0.0419. The second-order valence-electron chi connectivity index (χ2n) is 23.5. The van der Waals surface area contributed by atoms with Crippen molar-refractivity contribution in [2.24, 2.45) is 21.5 Å². The summed E-state index contributed by atoms with van der Waals surface area (Å²) in [6, 6.07) is 41.8. The van der Waals surface area contributed by atoms with E-state index in [-0.39, 0.29) is 91.9 Å². The van der Waals surface area contributed by atoms with Crippen LogP contribution in [0.15, 0.2) is 265 Å². The van der Waals surface area contributed by atoms with Crippen LogP contribution in [0.3, 0.4) is 0 Å². The summed E-state index contributed by atoms with van der Waals surface area (Å²) in [5, 5.41) is 34.2. The van der Waals surface area contributed by atoms with Crippen molar-refractivity contribution in [1.82, 2.24) is 48.2 Å². The number of carbonyl (C=O) groups excluding carboxylic acids is 2. The molecule has 11 heterocycles. The highest BCUT2D eigenvalue weighted by Gasteiger charge is 2.25. The first-order chi connectivity index (χ1) is 55.0. The van der Waals surface area contributed by atoms with Gasteiger partial charge in [-0.15, -0.1) is 0 Å². The first-order valence-corrected chi connectivity index (χ1v) is 34.7. The van der Waals surface area contributed by atoms with Crippen LogP contribution in [-0.2, 0) is 35.8 Å². The molecule has 12 N–H and O–H groups in total. The normalized spacial score (nSPS) is 12.8. The van der Waals surface area contributed by atoms with Crippen molar-refractivity contribution in [3.63, 3.8) is 0 Å². The molecule has 15 rings (SSSR count). The number of thioether (sulfide) groups is 2. The molecule has 39 nitrogen and oxygen atoms in total. The fraction of sp³-hybridized carbons (Fsp3) is 0.0556. The van der Waals surface area contributed by atoms with Gasteiger partial charge in [-0.2, -0.15) is 20.0 Å². The number of hydrogen-bond donors (Lipinski definition) is 8. The molecule has 2 aliphatic rings. The molecule has 9 aromatic heterocycles. The maximum Gasteiger partial charge on any atom is 0.350 e. The summed E-state index contributed by atoms with van der Waals surface area (Å²) in [5.74, 6) is 1.10. The van der Waals surface area contributed by atoms with Crippen molar-refractivity contribution in [2.45, 2.75) is 26.2 Å². The SMILES string of the molecule is NC1=NC(=O)/C(=C/c2c[nH]c(=O)[nH]c2=O)S1.NC1=NC(=O)/C(=C/c2cn(Cc3ccc(-c4ccccc4[N+](=O)[O-])o3)c(=O)[nH]c2=O)S1.Nc1ccn(Cc2ccc(-c3ccccc3[N+](=O)[O-])o2)c(=O)n1.Nc1nc(=O)n(Cc2ccc(-c3ccccc3[N+](=O)[O-])o2)cc1F.O=c1ccn(Cc2ccc(-c3cccc(Cl)c3)o2)c(=O)[nH]1. The number of para-hydroxylation sites is 3. The predicted molar refractivity (Wildman–Crippen MR) is 418 cm³/mol. The molecule has 582 valence electrons. The molecule has 4 aromatic carbocycles. The molecule has 2 aliphatic heterocycles. The number of aromatic nitrogens is 10. The number of H-pyrrole nitrogens is 4. The first kappa shape index (κ1) is 80.3. The van der Waals surface area contributed by atoms with Crippen molar-refractivity contribution < 1.29 is 46.4 Å². The van der Waals surface area contributed by atoms with E-state index in [1.165, 1.54) is 81.0 Å². The molecular formula is C72H53ClFN19O20S2. The molecule has 0 aliphatic carbocycles. The summed E-state index contributed by atoms with van der Waals surface area (Å²) in [6.07, 6.45) is 9.00. The highest BCUT2D eigenvalue weighted by atomic mass is 35.5. The number of nitro groups is 3. The summed E-state index contributed by atoms with van der Waals surface area (Å²) in [4.78, 5) is 170. The van der Waals surface area contributed by atoms with E-state index in [9.17, 15) is 82.7 Å². The Balaban J connectivity index is 0.000000144. The largest absolute Gasteiger partial charge is 0.459 e. The van der Waals surface area contributed by atoms with E-state index in [4.69, 9.17) is 52.2 Å². The van der Waals surface area contributed by atoms with Gasteiger partial charge in [-0.05, 0) is 121 Å². The number of nitro benzene ring substituents is 3. The number of halogens is 2. The lowest BCUT2D eigenvalue weighted by Gasteiger charge is -2.05. The van der Waals surface area contributed by atoms with Gasteiger partial charge in [0.05, 0.1) is 78.6 Å². The Morgan fingerprint density at radius 1 is 0.478 bits per heavy atom. The lowest BCUT2D eigenvalue weighted by molar-refractivity contribution is -0.384. The average Bonchev–Trinajstić information content (AvgIpc) is 1.73. The number of nitrogens with one attached hydrogen (secondary N) is 4. The molecule has 0 saturated heterocycles. The number of benzene rings is 4. The molecule has 0 fully saturated rings. The average molecular weight is 1620 g/mol. The van der Waals surface area contributed by atoms with Gasteiger partial charge in [-0.3, -0.25) is 87.5 Å². The molecular weight excluding hydrogens is 1570 g/mol. The van der Waals surface area contributed by atoms with Crippen molar-refractivity contribution in [1.29, 1.82) is 0 Å². The zero-order valence-corrected chi connectivity index (χ0v) is 60.7. The second-order valence-corrected chi connectivity index (χ2v) is 26.1. The Morgan fingerprint density at radius 2 is 0.922 bits per heavy atom. The van der Waals surface area contributed by atoms with Gasteiger partial charge in [0.1, 0.15) is 51.9 Å². The molecule has 0 radical (unpaired) electrons. The maximum atomic E-state index is 13.4. The third kappa shape index (κ3) is 20.6. The molecule has 0 atom stereocenters. The van der Waals surface area contributed by atoms with Crippen molar-refractivity contribution in [2.75, 3.05) is 11.5 Å². The van der Waals surface area contributed by atoms with Gasteiger partial charge < -0.3 is 45.6 Å². The van der Waals surface area contributed by atoms with Crippen LogP contribution in [0, 0.1) is 36.2 Å². The maximum absolute atomic E-state index is 13.4. The smallest absolute Gasteiger partial charge is 0.350 e. The van der Waals surface area contributed by atoms with Crippen LogP contribution in [0.5, 0.6) is 0 Å². The van der Waals surface area contributed by atoms with Crippen molar-refractivity contribution >= 4 is 98.1 Å². The number of nitrogens with two attached hydrogens (primary N) is 4. The molecule has 43 heteroatoms. The minimum Gasteiger partial charge on any atom is -0.459 e. The van der Waals surface area contributed by atoms with Crippen LogP contribution in [0.4, 0.5) is 33.1 Å². The van der Waals surface area contributed by atoms with Gasteiger partial charge in [0, 0.05) is 65.8 Å². The van der Waals surface area contributed by atoms with Crippen LogP contribution in [0.1, 0.15) is 34.2 Å². The summed E-state index contributed by atoms with van der Waals surface area (Å²) >= 11 is 7.84. The minimum atomic E-state index is -0.819. The molecule has 0 unspecified atom stereocenters. The van der Waals surface area contributed by atoms with E-state index >= 15 is 0 Å². The fourth-order valence-corrected chi connectivity index (χ4v) is 11.9. The predicted octanol–water partition coefficient (Wildman–Crippen LogP) is 7.40. The number of aliphatic imine (C=N–C) groups is 2. The van der Waals surface area contributed by atoms with Crippen LogP contribution in [-0.4, -0.2) is 85.1 Å². The van der Waals surface area contributed by atoms with Gasteiger partial charge >= 0.3 is 28.4 Å². The molecule has 0 spiro atoms. The molecule has 2 amide bonds. The van der Waals surface area contributed by atoms with Gasteiger partial charge in [0.25, 0.3) is 45.6 Å². The molecule has 0 bridgehead atoms. The zero-order chi connectivity index (χ0) is 82.3. The monoisotopic (exact) mass is 1620 g/mol. The Hall–Kier alpha value is -15.7. The quantitative estimate of drug-likeness (QED) is 0.0250. The van der Waals surface area contributed by atoms with Crippen LogP contribution in [0.2, 0.25) is 5.02 Å². The van der Waals surface area contributed by atoms with E-state index in [2.05, 4.69) is 34.9 Å². The number of hydrogen-bond acceptors (Lipinski definition) is 28. The lowest BCUT2D eigenvalue weighted by Crippen LogP contribution is -2.31. The molecule has 115 heavy (non-hydrogen) atoms. The van der Waals surface area contributed by atoms with E-state index in [0.717, 1.165) is 39.9 Å². The summed E-state index contributed by atoms with van der Waals surface area (Å²) in [5.41, 5.74) is 18.7. The number of aromatic amines is 4. The highest BCUT2D eigenvalue weighted by Crippen LogP contribution is 2.35. The van der Waals surface area contributed by atoms with E-state index in [0.29, 0.717) is 56.3 Å². The number of furan rings is 4. The number of amidine groups is 2. The molecule has 13 aromatic rings. The van der Waals surface area contributed by atoms with E-state index in [1.54, 1.807) is 109 Å². The zero-order valence-electron chi connectivity index (χ0n) is 58.3. The first-order valence-electron chi connectivity index (χ1n) is 32.7. The van der Waals surface area contributed by atoms with Crippen LogP contribution >= 0.6 is 35.1 Å². The van der Waals surface area contributed by atoms with Gasteiger partial charge in [0.15, 0.2) is 22.0 Å². The van der Waals surface area contributed by atoms with Crippen LogP contribution in [0.25, 0.3) is 57.4 Å². The van der Waals surface area contributed by atoms with Crippen LogP contribution < -0.4 is 68.1 Å². The number of carbonyl (C=O) groups is 2. The third-order valence-electron chi connectivity index (χ3n) is 15.7. The number of nitrogen functional groups attached to an aromatic ring is 2. The standard InChI is InChI=1S/C19H13N5O6S.C15H11ClN2O3.C15H11FN4O4.C15H12N4O4.C8H6N4O3S/c20-18-21-17(26)15(31-18)7-10-8-23(19(27)22-16(10)25)9-11-5-6-14(30-11)12-3-1-2-4-13(12)24(28)29;16-11-3-1-2-10(8-11)13-5-4-12(21-13)9-18-7-6-14(19)17-15(18)20;16-11-8-19(15(21)18-14(11)17)7-9-5-6-13(24-9)10-3-1-2-4-12(10)20(22)23;16-14-7-8-18(15(20)17-14)9-10-5-6-13(23-10)11-3-1-2-4-12(11)19(21)22;9-7-11-6(14)4(16-7)1-3-2-10-8(15)12-5(3)13/h1-8H,9H2,(H2,20,21,26)(H,22,25,27);1-8H,9H2,(H,17,19,20);1-6,8H,7H2,(H2,17,18,21);1-8H,9H2,(H2,16,17,20);1-2H,(H2,9,11,14)(H2,10,12,13,15)/b15-7-;;;;4-1-. The topological polar surface area (TPSA) is 590 Å².